The molecule has 1 amide bonds. The zero-order valence-electron chi connectivity index (χ0n) is 17.1. The fraction of sp³-hybridized carbons (Fsp3) is 0.0870. The Balaban J connectivity index is 1.59. The molecule has 0 aliphatic carbocycles. The first-order valence-corrected chi connectivity index (χ1v) is 10.7. The summed E-state index contributed by atoms with van der Waals surface area (Å²) in [6.45, 7) is 3.51. The lowest BCUT2D eigenvalue weighted by Crippen LogP contribution is -2.35. The van der Waals surface area contributed by atoms with E-state index >= 15 is 0 Å². The molecule has 1 aliphatic rings. The number of nitrogens with zero attached hydrogens (tertiary/aromatic N) is 4. The molecule has 9 nitrogen and oxygen atoms in total. The first kappa shape index (κ1) is 20.6. The molecular weight excluding hydrogens is 444 g/mol. The molecule has 4 aromatic rings. The summed E-state index contributed by atoms with van der Waals surface area (Å²) in [5.74, 6) is -0.631. The third kappa shape index (κ3) is 3.46. The maximum atomic E-state index is 13.2. The highest BCUT2D eigenvalue weighted by molar-refractivity contribution is 7.15. The number of thiazole rings is 1. The Hall–Kier alpha value is -4.31. The smallest absolute Gasteiger partial charge is 0.323 e. The van der Waals surface area contributed by atoms with E-state index in [0.29, 0.717) is 40.0 Å². The molecule has 0 radical (unpaired) electrons. The molecule has 3 heterocycles. The van der Waals surface area contributed by atoms with E-state index in [1.807, 2.05) is 0 Å². The normalized spacial score (nSPS) is 14.5. The highest BCUT2D eigenvalue weighted by Gasteiger charge is 2.35. The second-order valence-corrected chi connectivity index (χ2v) is 8.14. The standard InChI is InChI=1S/C23H16N4O5S/c1-2-11-32-14-9-7-13(8-10-14)20-24-23-27(25-20)22(31)19(33-23)18-15-5-3-4-6-16(15)26(21(18)30)12-17(28)29/h2-10H,1,11-12H2,(H,28,29)/b19-18-. The minimum Gasteiger partial charge on any atom is -0.490 e. The molecule has 0 unspecified atom stereocenters. The van der Waals surface area contributed by atoms with Gasteiger partial charge in [0, 0.05) is 11.1 Å². The monoisotopic (exact) mass is 460 g/mol. The average molecular weight is 460 g/mol. The van der Waals surface area contributed by atoms with Crippen LogP contribution in [-0.2, 0) is 9.59 Å². The van der Waals surface area contributed by atoms with E-state index in [4.69, 9.17) is 4.74 Å². The number of fused-ring (bicyclic) bond motifs is 2. The summed E-state index contributed by atoms with van der Waals surface area (Å²) >= 11 is 1.05. The van der Waals surface area contributed by atoms with Crippen LogP contribution in [0.5, 0.6) is 5.75 Å². The highest BCUT2D eigenvalue weighted by Crippen LogP contribution is 2.35. The van der Waals surface area contributed by atoms with Gasteiger partial charge in [0.05, 0.1) is 11.3 Å². The van der Waals surface area contributed by atoms with Crippen LogP contribution in [0.1, 0.15) is 5.56 Å². The molecule has 0 atom stereocenters. The van der Waals surface area contributed by atoms with E-state index in [1.54, 1.807) is 54.6 Å². The molecule has 0 spiro atoms. The summed E-state index contributed by atoms with van der Waals surface area (Å²) in [5, 5.41) is 13.5. The molecule has 0 saturated carbocycles. The first-order valence-electron chi connectivity index (χ1n) is 9.89. The Morgan fingerprint density at radius 3 is 2.61 bits per heavy atom. The van der Waals surface area contributed by atoms with Crippen LogP contribution >= 0.6 is 11.3 Å². The van der Waals surface area contributed by atoms with Crippen molar-refractivity contribution in [3.8, 4) is 17.1 Å². The van der Waals surface area contributed by atoms with Gasteiger partial charge in [-0.3, -0.25) is 19.3 Å². The largest absolute Gasteiger partial charge is 0.490 e. The number of benzene rings is 2. The summed E-state index contributed by atoms with van der Waals surface area (Å²) < 4.78 is 6.81. The van der Waals surface area contributed by atoms with Crippen LogP contribution in [0, 0.1) is 0 Å². The third-order valence-electron chi connectivity index (χ3n) is 5.08. The Labute approximate surface area is 190 Å². The summed E-state index contributed by atoms with van der Waals surface area (Å²) in [4.78, 5) is 43.4. The van der Waals surface area contributed by atoms with E-state index in [1.165, 1.54) is 4.52 Å². The number of carboxylic acid groups (broad SMARTS) is 1. The number of carbonyl (C=O) groups is 2. The van der Waals surface area contributed by atoms with Crippen LogP contribution in [0.4, 0.5) is 5.69 Å². The van der Waals surface area contributed by atoms with E-state index in [9.17, 15) is 19.5 Å². The fourth-order valence-corrected chi connectivity index (χ4v) is 4.65. The topological polar surface area (TPSA) is 114 Å². The van der Waals surface area contributed by atoms with E-state index in [2.05, 4.69) is 16.7 Å². The van der Waals surface area contributed by atoms with Gasteiger partial charge in [0.25, 0.3) is 11.5 Å². The van der Waals surface area contributed by atoms with Crippen molar-refractivity contribution in [2.75, 3.05) is 18.1 Å². The molecule has 33 heavy (non-hydrogen) atoms. The van der Waals surface area contributed by atoms with Crippen LogP contribution in [0.2, 0.25) is 0 Å². The van der Waals surface area contributed by atoms with Gasteiger partial charge in [-0.1, -0.05) is 42.2 Å². The predicted octanol–water partition coefficient (Wildman–Crippen LogP) is 1.73. The quantitative estimate of drug-likeness (QED) is 0.436. The lowest BCUT2D eigenvalue weighted by Gasteiger charge is -2.13. The number of para-hydroxylation sites is 1. The molecule has 1 N–H and O–H groups in total. The lowest BCUT2D eigenvalue weighted by molar-refractivity contribution is -0.136. The number of anilines is 1. The van der Waals surface area contributed by atoms with Gasteiger partial charge < -0.3 is 9.84 Å². The van der Waals surface area contributed by atoms with Crippen molar-refractivity contribution < 1.29 is 19.4 Å². The number of rotatable bonds is 6. The SMILES string of the molecule is C=CCOc1ccc(-c2nc3s/c(=C4\C(=O)N(CC(=O)O)c5ccccc54)c(=O)n3n2)cc1. The predicted molar refractivity (Wildman–Crippen MR) is 122 cm³/mol. The summed E-state index contributed by atoms with van der Waals surface area (Å²) in [7, 11) is 0. The Kier molecular flexibility index (Phi) is 4.98. The number of hydrogen-bond donors (Lipinski definition) is 1. The molecule has 2 aromatic carbocycles. The van der Waals surface area contributed by atoms with Gasteiger partial charge in [0.1, 0.15) is 23.4 Å². The van der Waals surface area contributed by atoms with Gasteiger partial charge in [-0.2, -0.15) is 9.50 Å². The molecule has 0 saturated heterocycles. The number of aliphatic carboxylic acids is 1. The number of amides is 1. The maximum absolute atomic E-state index is 13.2. The van der Waals surface area contributed by atoms with Crippen molar-refractivity contribution in [2.45, 2.75) is 0 Å². The molecule has 2 aromatic heterocycles. The molecule has 0 fully saturated rings. The van der Waals surface area contributed by atoms with Gasteiger partial charge in [-0.25, -0.2) is 0 Å². The molecule has 164 valence electrons. The van der Waals surface area contributed by atoms with Crippen molar-refractivity contribution >= 4 is 39.4 Å². The molecular formula is C23H16N4O5S. The van der Waals surface area contributed by atoms with Crippen molar-refractivity contribution in [2.24, 2.45) is 0 Å². The van der Waals surface area contributed by atoms with Crippen LogP contribution in [-0.4, -0.2) is 44.7 Å². The lowest BCUT2D eigenvalue weighted by atomic mass is 10.1. The summed E-state index contributed by atoms with van der Waals surface area (Å²) in [6.07, 6.45) is 1.65. The van der Waals surface area contributed by atoms with E-state index in [0.717, 1.165) is 16.2 Å². The van der Waals surface area contributed by atoms with Gasteiger partial charge in [-0.05, 0) is 30.3 Å². The molecule has 0 bridgehead atoms. The van der Waals surface area contributed by atoms with Crippen molar-refractivity contribution in [1.82, 2.24) is 14.6 Å². The second-order valence-electron chi connectivity index (χ2n) is 7.17. The highest BCUT2D eigenvalue weighted by atomic mass is 32.1. The average Bonchev–Trinajstić information content (AvgIpc) is 3.44. The first-order chi connectivity index (χ1) is 16.0. The van der Waals surface area contributed by atoms with Gasteiger partial charge in [0.15, 0.2) is 5.82 Å². The minimum atomic E-state index is -1.14. The zero-order valence-corrected chi connectivity index (χ0v) is 17.9. The Morgan fingerprint density at radius 2 is 1.91 bits per heavy atom. The van der Waals surface area contributed by atoms with Crippen LogP contribution in [0.3, 0.4) is 0 Å². The number of carboxylic acids is 1. The van der Waals surface area contributed by atoms with Crippen LogP contribution in [0.25, 0.3) is 21.9 Å². The number of ether oxygens (including phenoxy) is 1. The fourth-order valence-electron chi connectivity index (χ4n) is 3.65. The van der Waals surface area contributed by atoms with Gasteiger partial charge in [-0.15, -0.1) is 5.10 Å². The van der Waals surface area contributed by atoms with Crippen LogP contribution < -0.4 is 19.7 Å². The molecule has 1 aliphatic heterocycles. The number of carbonyl (C=O) groups excluding carboxylic acids is 1. The van der Waals surface area contributed by atoms with E-state index in [-0.39, 0.29) is 10.1 Å². The maximum Gasteiger partial charge on any atom is 0.323 e. The number of aromatic nitrogens is 3. The Bertz CT molecular complexity index is 1540. The van der Waals surface area contributed by atoms with Crippen molar-refractivity contribution in [3.05, 3.63) is 81.6 Å². The van der Waals surface area contributed by atoms with Gasteiger partial charge >= 0.3 is 5.97 Å². The zero-order chi connectivity index (χ0) is 23.1. The summed E-state index contributed by atoms with van der Waals surface area (Å²) in [6, 6.07) is 13.9. The molecule has 5 rings (SSSR count). The second kappa shape index (κ2) is 7.99. The third-order valence-corrected chi connectivity index (χ3v) is 6.11. The van der Waals surface area contributed by atoms with Crippen LogP contribution in [0.15, 0.2) is 66.0 Å². The number of hydrogen-bond acceptors (Lipinski definition) is 7. The van der Waals surface area contributed by atoms with Gasteiger partial charge in [0.2, 0.25) is 4.96 Å². The summed E-state index contributed by atoms with van der Waals surface area (Å²) in [5.41, 5.74) is 1.37. The van der Waals surface area contributed by atoms with E-state index < -0.39 is 24.0 Å². The molecule has 10 heteroatoms. The minimum absolute atomic E-state index is 0.166. The Morgan fingerprint density at radius 1 is 1.15 bits per heavy atom. The van der Waals surface area contributed by atoms with Crippen molar-refractivity contribution in [1.29, 1.82) is 0 Å². The van der Waals surface area contributed by atoms with Crippen molar-refractivity contribution in [3.63, 3.8) is 0 Å².